The van der Waals surface area contributed by atoms with Crippen molar-refractivity contribution in [1.82, 2.24) is 0 Å². The molecule has 0 heterocycles. The molecule has 2 rings (SSSR count). The average Bonchev–Trinajstić information content (AvgIpc) is 2.44. The van der Waals surface area contributed by atoms with Crippen molar-refractivity contribution in [3.8, 4) is 6.07 Å². The number of alkyl halides is 3. The third kappa shape index (κ3) is 3.99. The summed E-state index contributed by atoms with van der Waals surface area (Å²) in [5.41, 5.74) is 0.505. The number of hydrogen-bond acceptors (Lipinski definition) is 2. The first kappa shape index (κ1) is 15.4. The fourth-order valence-electron chi connectivity index (χ4n) is 1.90. The van der Waals surface area contributed by atoms with E-state index in [2.05, 4.69) is 21.2 Å². The highest BCUT2D eigenvalue weighted by atomic mass is 79.9. The minimum absolute atomic E-state index is 0.0248. The summed E-state index contributed by atoms with van der Waals surface area (Å²) >= 11 is 3.26. The van der Waals surface area contributed by atoms with Gasteiger partial charge in [0.2, 0.25) is 0 Å². The van der Waals surface area contributed by atoms with Crippen LogP contribution in [-0.2, 0) is 12.7 Å². The molecule has 6 heteroatoms. The summed E-state index contributed by atoms with van der Waals surface area (Å²) in [6, 6.07) is 12.3. The van der Waals surface area contributed by atoms with E-state index in [0.717, 1.165) is 6.07 Å². The maximum atomic E-state index is 12.9. The van der Waals surface area contributed by atoms with Gasteiger partial charge in [0.1, 0.15) is 0 Å². The molecule has 0 saturated carbocycles. The summed E-state index contributed by atoms with van der Waals surface area (Å²) in [5, 5.41) is 11.8. The molecule has 21 heavy (non-hydrogen) atoms. The van der Waals surface area contributed by atoms with Gasteiger partial charge >= 0.3 is 6.18 Å². The lowest BCUT2D eigenvalue weighted by atomic mass is 10.1. The van der Waals surface area contributed by atoms with Crippen LogP contribution in [0.3, 0.4) is 0 Å². The van der Waals surface area contributed by atoms with Gasteiger partial charge in [0.15, 0.2) is 0 Å². The van der Waals surface area contributed by atoms with Gasteiger partial charge in [-0.15, -0.1) is 0 Å². The molecule has 2 aromatic carbocycles. The van der Waals surface area contributed by atoms with E-state index in [0.29, 0.717) is 15.7 Å². The molecule has 108 valence electrons. The standard InChI is InChI=1S/C15H10BrF3N2/c16-12-5-10(8-20)6-13(7-12)21-9-11-3-1-2-4-14(11)15(17,18)19/h1-7,21H,9H2. The van der Waals surface area contributed by atoms with E-state index in [9.17, 15) is 13.2 Å². The molecule has 1 N–H and O–H groups in total. The Morgan fingerprint density at radius 1 is 1.14 bits per heavy atom. The maximum absolute atomic E-state index is 12.9. The van der Waals surface area contributed by atoms with Gasteiger partial charge in [-0.3, -0.25) is 0 Å². The SMILES string of the molecule is N#Cc1cc(Br)cc(NCc2ccccc2C(F)(F)F)c1. The number of anilines is 1. The highest BCUT2D eigenvalue weighted by molar-refractivity contribution is 9.10. The van der Waals surface area contributed by atoms with Crippen molar-refractivity contribution in [1.29, 1.82) is 5.26 Å². The predicted octanol–water partition coefficient (Wildman–Crippen LogP) is 4.95. The molecule has 0 bridgehead atoms. The maximum Gasteiger partial charge on any atom is 0.416 e. The molecule has 0 aliphatic carbocycles. The molecule has 0 aliphatic rings. The number of nitrogens with one attached hydrogen (secondary N) is 1. The Bertz CT molecular complexity index is 690. The summed E-state index contributed by atoms with van der Waals surface area (Å²) in [7, 11) is 0. The Balaban J connectivity index is 2.22. The Kier molecular flexibility index (Phi) is 4.53. The van der Waals surface area contributed by atoms with Crippen molar-refractivity contribution in [2.75, 3.05) is 5.32 Å². The monoisotopic (exact) mass is 354 g/mol. The van der Waals surface area contributed by atoms with Crippen molar-refractivity contribution >= 4 is 21.6 Å². The highest BCUT2D eigenvalue weighted by Gasteiger charge is 2.32. The van der Waals surface area contributed by atoms with Crippen LogP contribution < -0.4 is 5.32 Å². The topological polar surface area (TPSA) is 35.8 Å². The molecule has 0 fully saturated rings. The van der Waals surface area contributed by atoms with Crippen LogP contribution in [0.2, 0.25) is 0 Å². The van der Waals surface area contributed by atoms with E-state index in [1.54, 1.807) is 24.3 Å². The molecule has 0 aliphatic heterocycles. The van der Waals surface area contributed by atoms with E-state index in [1.165, 1.54) is 12.1 Å². The van der Waals surface area contributed by atoms with E-state index in [4.69, 9.17) is 5.26 Å². The summed E-state index contributed by atoms with van der Waals surface area (Å²) < 4.78 is 39.3. The van der Waals surface area contributed by atoms with E-state index >= 15 is 0 Å². The minimum Gasteiger partial charge on any atom is -0.381 e. The van der Waals surface area contributed by atoms with Crippen LogP contribution in [0.1, 0.15) is 16.7 Å². The molecular weight excluding hydrogens is 345 g/mol. The zero-order chi connectivity index (χ0) is 15.5. The van der Waals surface area contributed by atoms with Crippen LogP contribution in [0.5, 0.6) is 0 Å². The van der Waals surface area contributed by atoms with Crippen LogP contribution in [0.25, 0.3) is 0 Å². The van der Waals surface area contributed by atoms with Gasteiger partial charge in [-0.05, 0) is 29.8 Å². The fraction of sp³-hybridized carbons (Fsp3) is 0.133. The van der Waals surface area contributed by atoms with Crippen LogP contribution in [-0.4, -0.2) is 0 Å². The third-order valence-electron chi connectivity index (χ3n) is 2.83. The molecule has 2 aromatic rings. The summed E-state index contributed by atoms with van der Waals surface area (Å²) in [5.74, 6) is 0. The first-order valence-electron chi connectivity index (χ1n) is 6.00. The number of nitriles is 1. The number of benzene rings is 2. The number of nitrogens with zero attached hydrogens (tertiary/aromatic N) is 1. The second-order valence-electron chi connectivity index (χ2n) is 4.35. The Morgan fingerprint density at radius 2 is 1.86 bits per heavy atom. The lowest BCUT2D eigenvalue weighted by Gasteiger charge is -2.14. The number of rotatable bonds is 3. The van der Waals surface area contributed by atoms with Gasteiger partial charge in [0, 0.05) is 16.7 Å². The third-order valence-corrected chi connectivity index (χ3v) is 3.29. The molecular formula is C15H10BrF3N2. The van der Waals surface area contributed by atoms with E-state index in [1.807, 2.05) is 6.07 Å². The van der Waals surface area contributed by atoms with Crippen molar-refractivity contribution in [3.05, 3.63) is 63.6 Å². The first-order valence-corrected chi connectivity index (χ1v) is 6.79. The van der Waals surface area contributed by atoms with Gasteiger partial charge in [0.05, 0.1) is 17.2 Å². The largest absolute Gasteiger partial charge is 0.416 e. The molecule has 0 saturated heterocycles. The van der Waals surface area contributed by atoms with Gasteiger partial charge < -0.3 is 5.32 Å². The quantitative estimate of drug-likeness (QED) is 0.846. The normalized spacial score (nSPS) is 11.0. The van der Waals surface area contributed by atoms with Crippen molar-refractivity contribution in [2.24, 2.45) is 0 Å². The van der Waals surface area contributed by atoms with Crippen LogP contribution in [0.4, 0.5) is 18.9 Å². The van der Waals surface area contributed by atoms with E-state index in [-0.39, 0.29) is 12.1 Å². The zero-order valence-electron chi connectivity index (χ0n) is 10.7. The predicted molar refractivity (Wildman–Crippen MR) is 77.6 cm³/mol. The number of hydrogen-bond donors (Lipinski definition) is 1. The molecule has 2 nitrogen and oxygen atoms in total. The second-order valence-corrected chi connectivity index (χ2v) is 5.26. The Morgan fingerprint density at radius 3 is 2.52 bits per heavy atom. The van der Waals surface area contributed by atoms with Crippen molar-refractivity contribution in [2.45, 2.75) is 12.7 Å². The fourth-order valence-corrected chi connectivity index (χ4v) is 2.40. The highest BCUT2D eigenvalue weighted by Crippen LogP contribution is 2.32. The van der Waals surface area contributed by atoms with Gasteiger partial charge in [-0.2, -0.15) is 18.4 Å². The summed E-state index contributed by atoms with van der Waals surface area (Å²) in [6.07, 6.45) is -4.38. The molecule has 0 aromatic heterocycles. The van der Waals surface area contributed by atoms with Crippen LogP contribution in [0, 0.1) is 11.3 Å². The van der Waals surface area contributed by atoms with Crippen molar-refractivity contribution in [3.63, 3.8) is 0 Å². The molecule has 0 atom stereocenters. The van der Waals surface area contributed by atoms with Crippen LogP contribution in [0.15, 0.2) is 46.9 Å². The molecule has 0 unspecified atom stereocenters. The van der Waals surface area contributed by atoms with Gasteiger partial charge in [0.25, 0.3) is 0 Å². The van der Waals surface area contributed by atoms with E-state index < -0.39 is 11.7 Å². The smallest absolute Gasteiger partial charge is 0.381 e. The zero-order valence-corrected chi connectivity index (χ0v) is 12.3. The Labute approximate surface area is 128 Å². The van der Waals surface area contributed by atoms with Gasteiger partial charge in [-0.25, -0.2) is 0 Å². The molecule has 0 amide bonds. The molecule has 0 spiro atoms. The Hall–Kier alpha value is -2.00. The van der Waals surface area contributed by atoms with Gasteiger partial charge in [-0.1, -0.05) is 34.1 Å². The van der Waals surface area contributed by atoms with Crippen molar-refractivity contribution < 1.29 is 13.2 Å². The lowest BCUT2D eigenvalue weighted by molar-refractivity contribution is -0.138. The van der Waals surface area contributed by atoms with Crippen LogP contribution >= 0.6 is 15.9 Å². The minimum atomic E-state index is -4.38. The average molecular weight is 355 g/mol. The summed E-state index contributed by atoms with van der Waals surface area (Å²) in [4.78, 5) is 0. The lowest BCUT2D eigenvalue weighted by Crippen LogP contribution is -2.11. The first-order chi connectivity index (χ1) is 9.90. The molecule has 0 radical (unpaired) electrons. The second kappa shape index (κ2) is 6.19. The summed E-state index contributed by atoms with van der Waals surface area (Å²) in [6.45, 7) is 0.0248. The number of halogens is 4.